The number of aliphatic carboxylic acids is 1. The van der Waals surface area contributed by atoms with E-state index in [1.807, 2.05) is 0 Å². The summed E-state index contributed by atoms with van der Waals surface area (Å²) in [5.41, 5.74) is 3.70. The highest BCUT2D eigenvalue weighted by molar-refractivity contribution is 7.81. The van der Waals surface area contributed by atoms with Crippen LogP contribution in [0.4, 0.5) is 0 Å². The molecule has 1 unspecified atom stereocenters. The number of rotatable bonds is 5. The third-order valence-corrected chi connectivity index (χ3v) is 2.71. The van der Waals surface area contributed by atoms with Crippen LogP contribution in [0.5, 0.6) is 0 Å². The summed E-state index contributed by atoms with van der Waals surface area (Å²) >= 11 is 4.24. The van der Waals surface area contributed by atoms with Gasteiger partial charge in [0.15, 0.2) is 6.04 Å². The van der Waals surface area contributed by atoms with Crippen LogP contribution in [0.1, 0.15) is 27.7 Å². The Kier molecular flexibility index (Phi) is 7.87. The van der Waals surface area contributed by atoms with Crippen LogP contribution in [0.25, 0.3) is 0 Å². The number of amides is 1. The maximum Gasteiger partial charge on any atom is 0.326 e. The summed E-state index contributed by atoms with van der Waals surface area (Å²) in [6.07, 6.45) is 0. The fraction of sp³-hybridized carbons (Fsp3) is 0.800. The van der Waals surface area contributed by atoms with Crippen molar-refractivity contribution in [1.29, 1.82) is 0 Å². The lowest BCUT2D eigenvalue weighted by molar-refractivity contribution is -0.409. The number of quaternary nitrogens is 1. The van der Waals surface area contributed by atoms with Gasteiger partial charge < -0.3 is 28.6 Å². The number of carbonyl (C=O) groups excluding carboxylic acids is 1. The van der Waals surface area contributed by atoms with Crippen molar-refractivity contribution in [2.24, 2.45) is 5.92 Å². The summed E-state index contributed by atoms with van der Waals surface area (Å²) in [5.74, 6) is -1.59. The molecule has 0 bridgehead atoms. The largest absolute Gasteiger partial charge is 1.00 e. The molecule has 0 aromatic rings. The third-order valence-electron chi connectivity index (χ3n) is 2.40. The first-order valence-electron chi connectivity index (χ1n) is 5.16. The summed E-state index contributed by atoms with van der Waals surface area (Å²) in [4.78, 5) is 22.6. The number of carboxylic acid groups (broad SMARTS) is 1. The Morgan fingerprint density at radius 1 is 1.35 bits per heavy atom. The van der Waals surface area contributed by atoms with Gasteiger partial charge in [0, 0.05) is 0 Å². The van der Waals surface area contributed by atoms with Crippen LogP contribution >= 0.6 is 12.6 Å². The lowest BCUT2D eigenvalue weighted by atomic mass is 10.0. The molecule has 0 aromatic carbocycles. The van der Waals surface area contributed by atoms with Crippen LogP contribution in [0, 0.1) is 5.92 Å². The average Bonchev–Trinajstić information content (AvgIpc) is 2.09. The maximum atomic E-state index is 11.7. The molecule has 7 heteroatoms. The molecule has 0 saturated carbocycles. The summed E-state index contributed by atoms with van der Waals surface area (Å²) in [7, 11) is 0. The molecule has 0 fully saturated rings. The Labute approximate surface area is 113 Å². The summed E-state index contributed by atoms with van der Waals surface area (Å²) < 4.78 is -0.579. The first-order chi connectivity index (χ1) is 7.07. The number of carbonyl (C=O) groups is 2. The van der Waals surface area contributed by atoms with E-state index in [1.165, 1.54) is 0 Å². The van der Waals surface area contributed by atoms with E-state index in [0.717, 1.165) is 0 Å². The molecule has 5 nitrogen and oxygen atoms in total. The minimum Gasteiger partial charge on any atom is -1.00 e. The molecule has 0 spiro atoms. The van der Waals surface area contributed by atoms with Crippen molar-refractivity contribution in [3.8, 4) is 0 Å². The molecule has 102 valence electrons. The van der Waals surface area contributed by atoms with Crippen LogP contribution in [0.3, 0.4) is 0 Å². The van der Waals surface area contributed by atoms with Gasteiger partial charge in [0.1, 0.15) is 6.04 Å². The molecular formula is C10H21ClN2O3S. The van der Waals surface area contributed by atoms with Crippen molar-refractivity contribution in [1.82, 2.24) is 5.32 Å². The van der Waals surface area contributed by atoms with Crippen molar-refractivity contribution >= 4 is 24.5 Å². The minimum atomic E-state index is -1.03. The highest BCUT2D eigenvalue weighted by Crippen LogP contribution is 2.15. The Bertz CT molecular complexity index is 279. The molecule has 0 aromatic heterocycles. The van der Waals surface area contributed by atoms with E-state index >= 15 is 0 Å². The summed E-state index contributed by atoms with van der Waals surface area (Å²) in [5, 5.41) is 11.4. The van der Waals surface area contributed by atoms with E-state index in [2.05, 4.69) is 23.7 Å². The third kappa shape index (κ3) is 6.14. The van der Waals surface area contributed by atoms with Crippen LogP contribution in [-0.4, -0.2) is 33.8 Å². The van der Waals surface area contributed by atoms with Gasteiger partial charge in [-0.1, -0.05) is 13.8 Å². The van der Waals surface area contributed by atoms with E-state index in [0.29, 0.717) is 0 Å². The quantitative estimate of drug-likeness (QED) is 0.395. The van der Waals surface area contributed by atoms with E-state index < -0.39 is 22.8 Å². The van der Waals surface area contributed by atoms with Gasteiger partial charge >= 0.3 is 5.97 Å². The van der Waals surface area contributed by atoms with Crippen LogP contribution in [0.2, 0.25) is 0 Å². The van der Waals surface area contributed by atoms with Gasteiger partial charge in [0.2, 0.25) is 0 Å². The summed E-state index contributed by atoms with van der Waals surface area (Å²) in [6, 6.07) is -1.48. The molecule has 0 aliphatic carbocycles. The normalized spacial score (nSPS) is 14.8. The number of hydrogen-bond donors (Lipinski definition) is 4. The minimum absolute atomic E-state index is 0. The van der Waals surface area contributed by atoms with Crippen molar-refractivity contribution in [3.63, 3.8) is 0 Å². The number of carboxylic acids is 1. The monoisotopic (exact) mass is 284 g/mol. The van der Waals surface area contributed by atoms with Gasteiger partial charge in [-0.05, 0) is 19.8 Å². The topological polar surface area (TPSA) is 94.0 Å². The Morgan fingerprint density at radius 3 is 2.00 bits per heavy atom. The Morgan fingerprint density at radius 2 is 1.76 bits per heavy atom. The summed E-state index contributed by atoms with van der Waals surface area (Å²) in [6.45, 7) is 7.00. The first kappa shape index (κ1) is 18.9. The van der Waals surface area contributed by atoms with Gasteiger partial charge in [-0.3, -0.25) is 4.79 Å². The molecule has 17 heavy (non-hydrogen) atoms. The molecule has 0 radical (unpaired) electrons. The zero-order valence-corrected chi connectivity index (χ0v) is 12.2. The Balaban J connectivity index is 0. The second kappa shape index (κ2) is 7.08. The molecule has 0 heterocycles. The van der Waals surface area contributed by atoms with Gasteiger partial charge in [-0.2, -0.15) is 12.6 Å². The van der Waals surface area contributed by atoms with Crippen molar-refractivity contribution in [3.05, 3.63) is 0 Å². The fourth-order valence-corrected chi connectivity index (χ4v) is 1.21. The first-order valence-corrected chi connectivity index (χ1v) is 5.60. The number of halogens is 1. The fourth-order valence-electron chi connectivity index (χ4n) is 1.09. The van der Waals surface area contributed by atoms with Crippen molar-refractivity contribution < 1.29 is 32.8 Å². The Hall–Kier alpha value is -0.460. The average molecular weight is 285 g/mol. The van der Waals surface area contributed by atoms with E-state index in [1.54, 1.807) is 27.7 Å². The number of nitrogens with one attached hydrogen (secondary N) is 1. The molecule has 0 aliphatic heterocycles. The molecule has 2 atom stereocenters. The lowest BCUT2D eigenvalue weighted by Crippen LogP contribution is -3.00. The second-order valence-corrected chi connectivity index (χ2v) is 5.93. The smallest absolute Gasteiger partial charge is 0.326 e. The van der Waals surface area contributed by atoms with Gasteiger partial charge in [-0.15, -0.1) is 0 Å². The van der Waals surface area contributed by atoms with Gasteiger partial charge in [-0.25, -0.2) is 4.79 Å². The number of hydrogen-bond acceptors (Lipinski definition) is 3. The van der Waals surface area contributed by atoms with Crippen LogP contribution < -0.4 is 23.5 Å². The molecular weight excluding hydrogens is 264 g/mol. The molecule has 0 rings (SSSR count). The molecule has 5 N–H and O–H groups in total. The lowest BCUT2D eigenvalue weighted by Gasteiger charge is -2.24. The van der Waals surface area contributed by atoms with Crippen LogP contribution in [0.15, 0.2) is 0 Å². The molecule has 0 aliphatic rings. The highest BCUT2D eigenvalue weighted by Gasteiger charge is 2.35. The standard InChI is InChI=1S/C10H20N2O3S.ClH/c1-5(2)6(9(14)15)12-8(13)7(11)10(3,4)16;/h5-7,16H,11H2,1-4H3,(H,12,13)(H,14,15);1H/t6?,7-;/m0./s1. The zero-order valence-electron chi connectivity index (χ0n) is 10.5. The molecule has 0 saturated heterocycles. The predicted octanol–water partition coefficient (Wildman–Crippen LogP) is -3.47. The van der Waals surface area contributed by atoms with Crippen LogP contribution in [-0.2, 0) is 9.59 Å². The SMILES string of the molecule is CC(C)C(NC(=O)[C@H]([NH3+])C(C)(C)S)C(=O)O.[Cl-]. The zero-order chi connectivity index (χ0) is 13.1. The maximum absolute atomic E-state index is 11.7. The highest BCUT2D eigenvalue weighted by atomic mass is 35.5. The van der Waals surface area contributed by atoms with E-state index in [9.17, 15) is 9.59 Å². The molecule has 1 amide bonds. The van der Waals surface area contributed by atoms with Crippen molar-refractivity contribution in [2.45, 2.75) is 44.5 Å². The second-order valence-electron chi connectivity index (χ2n) is 4.77. The van der Waals surface area contributed by atoms with E-state index in [-0.39, 0.29) is 24.2 Å². The van der Waals surface area contributed by atoms with Gasteiger partial charge in [0.05, 0.1) is 4.75 Å². The number of thiol groups is 1. The van der Waals surface area contributed by atoms with Gasteiger partial charge in [0.25, 0.3) is 5.91 Å². The van der Waals surface area contributed by atoms with E-state index in [4.69, 9.17) is 5.11 Å². The van der Waals surface area contributed by atoms with Crippen molar-refractivity contribution in [2.75, 3.05) is 0 Å². The predicted molar refractivity (Wildman–Crippen MR) is 64.1 cm³/mol.